The number of carboxylic acid groups (broad SMARTS) is 1. The van der Waals surface area contributed by atoms with Crippen molar-refractivity contribution < 1.29 is 19.5 Å². The summed E-state index contributed by atoms with van der Waals surface area (Å²) in [5.41, 5.74) is 1.07. The molecule has 0 radical (unpaired) electrons. The van der Waals surface area contributed by atoms with Crippen LogP contribution in [0.2, 0.25) is 0 Å². The number of rotatable bonds is 4. The van der Waals surface area contributed by atoms with Crippen molar-refractivity contribution in [2.75, 3.05) is 19.4 Å². The third-order valence-corrected chi connectivity index (χ3v) is 3.89. The van der Waals surface area contributed by atoms with Gasteiger partial charge in [-0.15, -0.1) is 0 Å². The minimum Gasteiger partial charge on any atom is -0.481 e. The van der Waals surface area contributed by atoms with E-state index >= 15 is 0 Å². The molecule has 0 bridgehead atoms. The Morgan fingerprint density at radius 1 is 1.04 bits per heavy atom. The van der Waals surface area contributed by atoms with E-state index in [2.05, 4.69) is 5.32 Å². The monoisotopic (exact) mass is 316 g/mol. The molecule has 6 nitrogen and oxygen atoms in total. The van der Waals surface area contributed by atoms with Crippen LogP contribution in [-0.2, 0) is 9.59 Å². The molecule has 122 valence electrons. The molecule has 0 saturated carbocycles. The second-order valence-electron chi connectivity index (χ2n) is 5.76. The molecule has 0 fully saturated rings. The molecule has 1 aromatic rings. The van der Waals surface area contributed by atoms with Gasteiger partial charge in [0.2, 0.25) is 5.91 Å². The second kappa shape index (κ2) is 7.09. The number of amides is 2. The molecule has 0 aromatic heterocycles. The zero-order chi connectivity index (χ0) is 17.0. The Bertz CT molecular complexity index is 634. The highest BCUT2D eigenvalue weighted by atomic mass is 16.4. The van der Waals surface area contributed by atoms with E-state index in [0.29, 0.717) is 24.1 Å². The number of carbonyl (C=O) groups excluding carboxylic acids is 2. The minimum absolute atomic E-state index is 0.119. The fourth-order valence-corrected chi connectivity index (χ4v) is 2.57. The Balaban J connectivity index is 2.06. The lowest BCUT2D eigenvalue weighted by molar-refractivity contribution is -0.146. The first-order valence-corrected chi connectivity index (χ1v) is 7.40. The molecule has 1 aliphatic rings. The molecule has 2 unspecified atom stereocenters. The van der Waals surface area contributed by atoms with Crippen LogP contribution in [-0.4, -0.2) is 41.9 Å². The number of hydrogen-bond acceptors (Lipinski definition) is 3. The Hall–Kier alpha value is -2.63. The average Bonchev–Trinajstić information content (AvgIpc) is 2.54. The van der Waals surface area contributed by atoms with Crippen LogP contribution in [0, 0.1) is 11.8 Å². The van der Waals surface area contributed by atoms with E-state index in [1.807, 2.05) is 6.08 Å². The number of carbonyl (C=O) groups is 3. The number of anilines is 1. The maximum absolute atomic E-state index is 12.3. The summed E-state index contributed by atoms with van der Waals surface area (Å²) in [6, 6.07) is 6.55. The molecular weight excluding hydrogens is 296 g/mol. The number of hydrogen-bond donors (Lipinski definition) is 2. The number of nitrogens with one attached hydrogen (secondary N) is 1. The van der Waals surface area contributed by atoms with Gasteiger partial charge in [-0.05, 0) is 37.1 Å². The van der Waals surface area contributed by atoms with E-state index in [9.17, 15) is 19.5 Å². The maximum atomic E-state index is 12.3. The highest BCUT2D eigenvalue weighted by Gasteiger charge is 2.33. The Labute approximate surface area is 134 Å². The van der Waals surface area contributed by atoms with Crippen LogP contribution in [0.4, 0.5) is 5.69 Å². The molecule has 1 aromatic carbocycles. The molecular formula is C17H20N2O4. The van der Waals surface area contributed by atoms with Crippen LogP contribution in [0.5, 0.6) is 0 Å². The zero-order valence-corrected chi connectivity index (χ0v) is 13.2. The van der Waals surface area contributed by atoms with Gasteiger partial charge in [0.15, 0.2) is 0 Å². The van der Waals surface area contributed by atoms with Gasteiger partial charge in [-0.2, -0.15) is 0 Å². The highest BCUT2D eigenvalue weighted by molar-refractivity contribution is 5.97. The number of aliphatic carboxylic acids is 1. The number of benzene rings is 1. The summed E-state index contributed by atoms with van der Waals surface area (Å²) >= 11 is 0. The predicted molar refractivity (Wildman–Crippen MR) is 86.1 cm³/mol. The molecule has 0 heterocycles. The third kappa shape index (κ3) is 3.97. The SMILES string of the molecule is CN(C)C(=O)c1ccc(NC(=O)C2CC=CCC2C(=O)O)cc1. The number of nitrogens with zero attached hydrogens (tertiary/aromatic N) is 1. The Kier molecular flexibility index (Phi) is 5.16. The largest absolute Gasteiger partial charge is 0.481 e. The van der Waals surface area contributed by atoms with Gasteiger partial charge in [-0.1, -0.05) is 12.2 Å². The standard InChI is InChI=1S/C17H20N2O4/c1-19(2)16(21)11-7-9-12(10-8-11)18-15(20)13-5-3-4-6-14(13)17(22)23/h3-4,7-10,13-14H,5-6H2,1-2H3,(H,18,20)(H,22,23). The molecule has 23 heavy (non-hydrogen) atoms. The summed E-state index contributed by atoms with van der Waals surface area (Å²) in [4.78, 5) is 36.9. The predicted octanol–water partition coefficient (Wildman–Crippen LogP) is 1.99. The van der Waals surface area contributed by atoms with Gasteiger partial charge in [0.25, 0.3) is 5.91 Å². The lowest BCUT2D eigenvalue weighted by atomic mass is 9.82. The van der Waals surface area contributed by atoms with Crippen molar-refractivity contribution >= 4 is 23.5 Å². The first kappa shape index (κ1) is 16.7. The molecule has 2 atom stereocenters. The van der Waals surface area contributed by atoms with Gasteiger partial charge in [0, 0.05) is 25.3 Å². The van der Waals surface area contributed by atoms with Gasteiger partial charge in [0.05, 0.1) is 11.8 Å². The van der Waals surface area contributed by atoms with Gasteiger partial charge in [0.1, 0.15) is 0 Å². The van der Waals surface area contributed by atoms with E-state index in [0.717, 1.165) is 0 Å². The van der Waals surface area contributed by atoms with Crippen LogP contribution in [0.25, 0.3) is 0 Å². The van der Waals surface area contributed by atoms with Crippen LogP contribution in [0.3, 0.4) is 0 Å². The average molecular weight is 316 g/mol. The summed E-state index contributed by atoms with van der Waals surface area (Å²) < 4.78 is 0. The summed E-state index contributed by atoms with van der Waals surface area (Å²) in [6.07, 6.45) is 4.41. The van der Waals surface area contributed by atoms with E-state index in [1.165, 1.54) is 4.90 Å². The van der Waals surface area contributed by atoms with Crippen molar-refractivity contribution in [3.05, 3.63) is 42.0 Å². The first-order valence-electron chi connectivity index (χ1n) is 7.40. The minimum atomic E-state index is -0.957. The number of carboxylic acids is 1. The molecule has 0 saturated heterocycles. The quantitative estimate of drug-likeness (QED) is 0.832. The van der Waals surface area contributed by atoms with Crippen molar-refractivity contribution in [2.24, 2.45) is 11.8 Å². The van der Waals surface area contributed by atoms with Crippen molar-refractivity contribution in [3.8, 4) is 0 Å². The van der Waals surface area contributed by atoms with Crippen LogP contribution in [0.15, 0.2) is 36.4 Å². The maximum Gasteiger partial charge on any atom is 0.307 e. The summed E-state index contributed by atoms with van der Waals surface area (Å²) in [7, 11) is 3.33. The van der Waals surface area contributed by atoms with Gasteiger partial charge in [-0.3, -0.25) is 14.4 Å². The second-order valence-corrected chi connectivity index (χ2v) is 5.76. The molecule has 0 spiro atoms. The van der Waals surface area contributed by atoms with E-state index in [4.69, 9.17) is 0 Å². The number of allylic oxidation sites excluding steroid dienone is 2. The molecule has 2 rings (SSSR count). The van der Waals surface area contributed by atoms with Crippen molar-refractivity contribution in [2.45, 2.75) is 12.8 Å². The van der Waals surface area contributed by atoms with Gasteiger partial charge >= 0.3 is 5.97 Å². The molecule has 2 N–H and O–H groups in total. The summed E-state index contributed by atoms with van der Waals surface area (Å²) in [5.74, 6) is -2.67. The molecule has 1 aliphatic carbocycles. The highest BCUT2D eigenvalue weighted by Crippen LogP contribution is 2.27. The smallest absolute Gasteiger partial charge is 0.307 e. The van der Waals surface area contributed by atoms with Gasteiger partial charge in [-0.25, -0.2) is 0 Å². The summed E-state index contributed by atoms with van der Waals surface area (Å²) in [5, 5.41) is 11.9. The molecule has 0 aliphatic heterocycles. The normalized spacial score (nSPS) is 19.9. The Morgan fingerprint density at radius 2 is 1.61 bits per heavy atom. The van der Waals surface area contributed by atoms with Crippen LogP contribution in [0.1, 0.15) is 23.2 Å². The Morgan fingerprint density at radius 3 is 2.13 bits per heavy atom. The fraction of sp³-hybridized carbons (Fsp3) is 0.353. The van der Waals surface area contributed by atoms with E-state index < -0.39 is 17.8 Å². The van der Waals surface area contributed by atoms with E-state index in [1.54, 1.807) is 44.4 Å². The fourth-order valence-electron chi connectivity index (χ4n) is 2.57. The molecule has 6 heteroatoms. The first-order chi connectivity index (χ1) is 10.9. The van der Waals surface area contributed by atoms with Crippen LogP contribution >= 0.6 is 0 Å². The van der Waals surface area contributed by atoms with Crippen LogP contribution < -0.4 is 5.32 Å². The van der Waals surface area contributed by atoms with Crippen molar-refractivity contribution in [1.82, 2.24) is 4.90 Å². The topological polar surface area (TPSA) is 86.7 Å². The van der Waals surface area contributed by atoms with Crippen molar-refractivity contribution in [1.29, 1.82) is 0 Å². The third-order valence-electron chi connectivity index (χ3n) is 3.89. The lowest BCUT2D eigenvalue weighted by Gasteiger charge is -2.24. The van der Waals surface area contributed by atoms with E-state index in [-0.39, 0.29) is 11.8 Å². The van der Waals surface area contributed by atoms with Crippen molar-refractivity contribution in [3.63, 3.8) is 0 Å². The summed E-state index contributed by atoms with van der Waals surface area (Å²) in [6.45, 7) is 0. The van der Waals surface area contributed by atoms with Gasteiger partial charge < -0.3 is 15.3 Å². The zero-order valence-electron chi connectivity index (χ0n) is 13.2. The molecule has 2 amide bonds. The lowest BCUT2D eigenvalue weighted by Crippen LogP contribution is -2.34.